The molecule has 2 nitrogen and oxygen atoms in total. The van der Waals surface area contributed by atoms with Gasteiger partial charge in [-0.05, 0) is 23.8 Å². The van der Waals surface area contributed by atoms with Crippen LogP contribution in [0.1, 0.15) is 24.2 Å². The summed E-state index contributed by atoms with van der Waals surface area (Å²) in [5.74, 6) is 1.55. The van der Waals surface area contributed by atoms with E-state index in [1.165, 1.54) is 16.8 Å². The maximum Gasteiger partial charge on any atom is 0.121 e. The summed E-state index contributed by atoms with van der Waals surface area (Å²) >= 11 is 0. The number of fused-ring (bicyclic) bond motifs is 5. The quantitative estimate of drug-likeness (QED) is 0.567. The molecular formula is C15H12N2. The number of imidazole rings is 1. The fourth-order valence-corrected chi connectivity index (χ4v) is 2.78. The first-order valence-corrected chi connectivity index (χ1v) is 5.93. The van der Waals surface area contributed by atoms with E-state index >= 15 is 0 Å². The molecule has 82 valence electrons. The van der Waals surface area contributed by atoms with Gasteiger partial charge in [-0.2, -0.15) is 0 Å². The van der Waals surface area contributed by atoms with E-state index in [1.54, 1.807) is 0 Å². The summed E-state index contributed by atoms with van der Waals surface area (Å²) in [6.45, 7) is 2.23. The van der Waals surface area contributed by atoms with Crippen molar-refractivity contribution in [2.75, 3.05) is 0 Å². The van der Waals surface area contributed by atoms with E-state index in [0.29, 0.717) is 5.92 Å². The summed E-state index contributed by atoms with van der Waals surface area (Å²) in [4.78, 5) is 4.75. The van der Waals surface area contributed by atoms with Gasteiger partial charge in [0, 0.05) is 5.92 Å². The number of hydrogen-bond acceptors (Lipinski definition) is 1. The molecule has 0 spiro atoms. The second-order valence-corrected chi connectivity index (χ2v) is 4.57. The largest absolute Gasteiger partial charge is 0.295 e. The van der Waals surface area contributed by atoms with Gasteiger partial charge < -0.3 is 0 Å². The Balaban J connectivity index is 2.18. The summed E-state index contributed by atoms with van der Waals surface area (Å²) in [5.41, 5.74) is 4.95. The Morgan fingerprint density at radius 3 is 2.71 bits per heavy atom. The lowest BCUT2D eigenvalue weighted by Gasteiger charge is -2.03. The lowest BCUT2D eigenvalue weighted by atomic mass is 10.0. The Labute approximate surface area is 99.5 Å². The minimum Gasteiger partial charge on any atom is -0.295 e. The predicted molar refractivity (Wildman–Crippen MR) is 68.6 cm³/mol. The van der Waals surface area contributed by atoms with Gasteiger partial charge in [-0.15, -0.1) is 0 Å². The van der Waals surface area contributed by atoms with E-state index in [4.69, 9.17) is 4.98 Å². The highest BCUT2D eigenvalue weighted by Gasteiger charge is 2.28. The van der Waals surface area contributed by atoms with Crippen LogP contribution < -0.4 is 0 Å². The van der Waals surface area contributed by atoms with Crippen LogP contribution in [0.4, 0.5) is 0 Å². The van der Waals surface area contributed by atoms with Crippen molar-refractivity contribution in [1.82, 2.24) is 9.55 Å². The zero-order chi connectivity index (χ0) is 11.4. The topological polar surface area (TPSA) is 17.8 Å². The molecule has 1 aliphatic heterocycles. The van der Waals surface area contributed by atoms with Crippen molar-refractivity contribution in [2.45, 2.75) is 12.8 Å². The molecule has 0 saturated carbocycles. The van der Waals surface area contributed by atoms with Crippen molar-refractivity contribution in [3.8, 4) is 5.69 Å². The summed E-state index contributed by atoms with van der Waals surface area (Å²) < 4.78 is 2.29. The van der Waals surface area contributed by atoms with Crippen LogP contribution in [0.25, 0.3) is 16.7 Å². The average molecular weight is 220 g/mol. The van der Waals surface area contributed by atoms with Crippen LogP contribution in [0, 0.1) is 0 Å². The number of benzene rings is 2. The molecule has 0 bridgehead atoms. The molecular weight excluding hydrogens is 208 g/mol. The second kappa shape index (κ2) is 2.98. The van der Waals surface area contributed by atoms with Gasteiger partial charge in [0.2, 0.25) is 0 Å². The third kappa shape index (κ3) is 1.02. The van der Waals surface area contributed by atoms with Gasteiger partial charge in [0.25, 0.3) is 0 Å². The highest BCUT2D eigenvalue weighted by Crippen LogP contribution is 2.39. The molecule has 1 aromatic heterocycles. The van der Waals surface area contributed by atoms with E-state index in [2.05, 4.69) is 54.0 Å². The van der Waals surface area contributed by atoms with Crippen LogP contribution >= 0.6 is 0 Å². The van der Waals surface area contributed by atoms with Crippen molar-refractivity contribution in [1.29, 1.82) is 0 Å². The maximum atomic E-state index is 4.75. The number of aromatic nitrogens is 2. The number of para-hydroxylation sites is 3. The molecule has 17 heavy (non-hydrogen) atoms. The van der Waals surface area contributed by atoms with Crippen molar-refractivity contribution in [3.05, 3.63) is 59.9 Å². The summed E-state index contributed by atoms with van der Waals surface area (Å²) in [5, 5.41) is 0. The highest BCUT2D eigenvalue weighted by molar-refractivity contribution is 5.80. The van der Waals surface area contributed by atoms with Crippen LogP contribution in [0.5, 0.6) is 0 Å². The first kappa shape index (κ1) is 8.99. The molecule has 0 aliphatic carbocycles. The molecule has 2 aromatic carbocycles. The molecule has 2 heteroatoms. The van der Waals surface area contributed by atoms with Crippen LogP contribution in [0.15, 0.2) is 48.5 Å². The summed E-state index contributed by atoms with van der Waals surface area (Å²) in [6, 6.07) is 16.9. The van der Waals surface area contributed by atoms with E-state index in [1.807, 2.05) is 6.07 Å². The average Bonchev–Trinajstić information content (AvgIpc) is 2.88. The van der Waals surface area contributed by atoms with Crippen molar-refractivity contribution in [2.24, 2.45) is 0 Å². The zero-order valence-electron chi connectivity index (χ0n) is 9.59. The molecule has 1 atom stereocenters. The molecule has 4 rings (SSSR count). The molecule has 3 aromatic rings. The minimum absolute atomic E-state index is 0.388. The first-order valence-electron chi connectivity index (χ1n) is 5.93. The lowest BCUT2D eigenvalue weighted by Crippen LogP contribution is -1.92. The normalized spacial score (nSPS) is 17.1. The van der Waals surface area contributed by atoms with Crippen LogP contribution in [0.2, 0.25) is 0 Å². The Bertz CT molecular complexity index is 725. The minimum atomic E-state index is 0.388. The molecule has 0 amide bonds. The van der Waals surface area contributed by atoms with Crippen molar-refractivity contribution in [3.63, 3.8) is 0 Å². The molecule has 0 saturated heterocycles. The van der Waals surface area contributed by atoms with Gasteiger partial charge in [-0.25, -0.2) is 4.98 Å². The molecule has 1 aliphatic rings. The monoisotopic (exact) mass is 220 g/mol. The predicted octanol–water partition coefficient (Wildman–Crippen LogP) is 3.49. The smallest absolute Gasteiger partial charge is 0.121 e. The number of hydrogen-bond donors (Lipinski definition) is 0. The highest BCUT2D eigenvalue weighted by atomic mass is 15.1. The maximum absolute atomic E-state index is 4.75. The van der Waals surface area contributed by atoms with E-state index < -0.39 is 0 Å². The van der Waals surface area contributed by atoms with Gasteiger partial charge in [-0.1, -0.05) is 37.3 Å². The number of rotatable bonds is 0. The van der Waals surface area contributed by atoms with Gasteiger partial charge in [0.05, 0.1) is 16.7 Å². The Hall–Kier alpha value is -2.09. The van der Waals surface area contributed by atoms with Gasteiger partial charge in [0.1, 0.15) is 5.82 Å². The van der Waals surface area contributed by atoms with Crippen LogP contribution in [-0.4, -0.2) is 9.55 Å². The molecule has 0 fully saturated rings. The van der Waals surface area contributed by atoms with Gasteiger partial charge in [0.15, 0.2) is 0 Å². The van der Waals surface area contributed by atoms with Crippen LogP contribution in [0.3, 0.4) is 0 Å². The zero-order valence-corrected chi connectivity index (χ0v) is 9.59. The van der Waals surface area contributed by atoms with Gasteiger partial charge >= 0.3 is 0 Å². The van der Waals surface area contributed by atoms with E-state index in [0.717, 1.165) is 11.3 Å². The second-order valence-electron chi connectivity index (χ2n) is 4.57. The third-order valence-corrected chi connectivity index (χ3v) is 3.62. The number of nitrogens with zero attached hydrogens (tertiary/aromatic N) is 2. The molecule has 0 N–H and O–H groups in total. The van der Waals surface area contributed by atoms with Crippen LogP contribution in [-0.2, 0) is 0 Å². The SMILES string of the molecule is C[C@H]1c2ccccc2-n2c1nc1ccccc12. The third-order valence-electron chi connectivity index (χ3n) is 3.62. The standard InChI is InChI=1S/C15H12N2/c1-10-11-6-2-4-8-13(11)17-14-9-5-3-7-12(14)16-15(10)17/h2-10H,1H3/t10-/m0/s1. The molecule has 2 heterocycles. The van der Waals surface area contributed by atoms with Crippen molar-refractivity contribution >= 4 is 11.0 Å². The Morgan fingerprint density at radius 2 is 1.76 bits per heavy atom. The van der Waals surface area contributed by atoms with Crippen molar-refractivity contribution < 1.29 is 0 Å². The van der Waals surface area contributed by atoms with E-state index in [9.17, 15) is 0 Å². The Morgan fingerprint density at radius 1 is 1.00 bits per heavy atom. The first-order chi connectivity index (χ1) is 8.36. The van der Waals surface area contributed by atoms with Gasteiger partial charge in [-0.3, -0.25) is 4.57 Å². The summed E-state index contributed by atoms with van der Waals surface area (Å²) in [6.07, 6.45) is 0. The molecule has 0 unspecified atom stereocenters. The summed E-state index contributed by atoms with van der Waals surface area (Å²) in [7, 11) is 0. The van der Waals surface area contributed by atoms with E-state index in [-0.39, 0.29) is 0 Å². The fraction of sp³-hybridized carbons (Fsp3) is 0.133. The molecule has 0 radical (unpaired) electrons. The Kier molecular flexibility index (Phi) is 1.57. The lowest BCUT2D eigenvalue weighted by molar-refractivity contribution is 0.868. The fourth-order valence-electron chi connectivity index (χ4n) is 2.78.